The van der Waals surface area contributed by atoms with Crippen LogP contribution in [0.4, 0.5) is 5.69 Å². The summed E-state index contributed by atoms with van der Waals surface area (Å²) in [5.41, 5.74) is 0.914. The average molecular weight is 348 g/mol. The smallest absolute Gasteiger partial charge is 0.255 e. The Hall–Kier alpha value is -2.58. The van der Waals surface area contributed by atoms with Crippen LogP contribution in [-0.2, 0) is 10.0 Å². The molecule has 3 rings (SSSR count). The summed E-state index contributed by atoms with van der Waals surface area (Å²) in [5.74, 6) is 0.801. The number of sulfonamides is 1. The predicted molar refractivity (Wildman–Crippen MR) is 87.8 cm³/mol. The molecule has 0 spiro atoms. The molecule has 7 nitrogen and oxygen atoms in total. The van der Waals surface area contributed by atoms with Gasteiger partial charge in [0.15, 0.2) is 11.5 Å². The number of benzene rings is 2. The van der Waals surface area contributed by atoms with Gasteiger partial charge in [-0.05, 0) is 42.5 Å². The summed E-state index contributed by atoms with van der Waals surface area (Å²) in [6.45, 7) is 2.16. The zero-order valence-corrected chi connectivity index (χ0v) is 13.7. The number of hydrogen-bond donors (Lipinski definition) is 2. The van der Waals surface area contributed by atoms with Gasteiger partial charge in [0.2, 0.25) is 16.8 Å². The van der Waals surface area contributed by atoms with E-state index in [1.165, 1.54) is 24.3 Å². The highest BCUT2D eigenvalue weighted by Gasteiger charge is 2.17. The molecule has 126 valence electrons. The van der Waals surface area contributed by atoms with Crippen LogP contribution in [0, 0.1) is 0 Å². The minimum atomic E-state index is -3.51. The normalized spacial score (nSPS) is 12.9. The lowest BCUT2D eigenvalue weighted by molar-refractivity contribution is 0.102. The van der Waals surface area contributed by atoms with Crippen molar-refractivity contribution < 1.29 is 22.7 Å². The van der Waals surface area contributed by atoms with Gasteiger partial charge in [0, 0.05) is 17.8 Å². The molecule has 0 aliphatic carbocycles. The maximum atomic E-state index is 12.3. The van der Waals surface area contributed by atoms with Crippen molar-refractivity contribution >= 4 is 21.6 Å². The molecule has 24 heavy (non-hydrogen) atoms. The molecule has 2 aromatic rings. The Labute approximate surface area is 139 Å². The predicted octanol–water partition coefficient (Wildman–Crippen LogP) is 1.97. The third kappa shape index (κ3) is 3.34. The van der Waals surface area contributed by atoms with Crippen molar-refractivity contribution in [1.82, 2.24) is 4.72 Å². The fourth-order valence-electron chi connectivity index (χ4n) is 2.23. The number of nitrogens with one attached hydrogen (secondary N) is 2. The van der Waals surface area contributed by atoms with Crippen molar-refractivity contribution in [2.45, 2.75) is 11.8 Å². The Morgan fingerprint density at radius 2 is 1.79 bits per heavy atom. The number of rotatable bonds is 5. The summed E-state index contributed by atoms with van der Waals surface area (Å²) in [5, 5.41) is 2.71. The van der Waals surface area contributed by atoms with E-state index in [1.807, 2.05) is 0 Å². The van der Waals surface area contributed by atoms with E-state index < -0.39 is 10.0 Å². The molecular formula is C16H16N2O5S. The second kappa shape index (κ2) is 6.50. The van der Waals surface area contributed by atoms with Gasteiger partial charge in [0.1, 0.15) is 0 Å². The first kappa shape index (κ1) is 16.3. The van der Waals surface area contributed by atoms with E-state index in [-0.39, 0.29) is 17.6 Å². The third-order valence-corrected chi connectivity index (χ3v) is 4.95. The Balaban J connectivity index is 1.73. The number of ether oxygens (including phenoxy) is 2. The number of fused-ring (bicyclic) bond motifs is 1. The monoisotopic (exact) mass is 348 g/mol. The average Bonchev–Trinajstić information content (AvgIpc) is 3.03. The molecule has 0 bridgehead atoms. The van der Waals surface area contributed by atoms with Crippen molar-refractivity contribution in [3.63, 3.8) is 0 Å². The quantitative estimate of drug-likeness (QED) is 0.861. The van der Waals surface area contributed by atoms with Gasteiger partial charge in [0.05, 0.1) is 4.90 Å². The fourth-order valence-corrected chi connectivity index (χ4v) is 3.27. The van der Waals surface area contributed by atoms with Gasteiger partial charge in [-0.3, -0.25) is 4.79 Å². The molecule has 2 aromatic carbocycles. The van der Waals surface area contributed by atoms with Gasteiger partial charge in [-0.15, -0.1) is 0 Å². The summed E-state index contributed by atoms with van der Waals surface area (Å²) in [6.07, 6.45) is 0. The number of hydrogen-bond acceptors (Lipinski definition) is 5. The standard InChI is InChI=1S/C16H16N2O5S/c1-2-17-24(20,21)13-6-4-12(5-7-13)18-16(19)11-3-8-14-15(9-11)23-10-22-14/h3-9,17H,2,10H2,1H3,(H,18,19). The van der Waals surface area contributed by atoms with E-state index in [0.717, 1.165) is 0 Å². The second-order valence-electron chi connectivity index (χ2n) is 5.05. The Morgan fingerprint density at radius 1 is 1.08 bits per heavy atom. The van der Waals surface area contributed by atoms with Crippen LogP contribution in [0.3, 0.4) is 0 Å². The van der Waals surface area contributed by atoms with Crippen LogP contribution >= 0.6 is 0 Å². The highest BCUT2D eigenvalue weighted by Crippen LogP contribution is 2.32. The molecule has 1 aliphatic rings. The van der Waals surface area contributed by atoms with Crippen LogP contribution in [0.15, 0.2) is 47.4 Å². The van der Waals surface area contributed by atoms with Gasteiger partial charge in [0.25, 0.3) is 5.91 Å². The van der Waals surface area contributed by atoms with Gasteiger partial charge in [-0.2, -0.15) is 0 Å². The van der Waals surface area contributed by atoms with Crippen LogP contribution in [0.5, 0.6) is 11.5 Å². The summed E-state index contributed by atoms with van der Waals surface area (Å²) >= 11 is 0. The van der Waals surface area contributed by atoms with Crippen LogP contribution in [0.1, 0.15) is 17.3 Å². The molecule has 1 heterocycles. The fraction of sp³-hybridized carbons (Fsp3) is 0.188. The SMILES string of the molecule is CCNS(=O)(=O)c1ccc(NC(=O)c2ccc3c(c2)OCO3)cc1. The summed E-state index contributed by atoms with van der Waals surface area (Å²) < 4.78 is 36.6. The van der Waals surface area contributed by atoms with E-state index in [9.17, 15) is 13.2 Å². The molecule has 0 saturated heterocycles. The molecule has 0 saturated carbocycles. The van der Waals surface area contributed by atoms with Crippen molar-refractivity contribution in [3.05, 3.63) is 48.0 Å². The molecule has 0 atom stereocenters. The maximum absolute atomic E-state index is 12.3. The largest absolute Gasteiger partial charge is 0.454 e. The Morgan fingerprint density at radius 3 is 2.50 bits per heavy atom. The van der Waals surface area contributed by atoms with E-state index >= 15 is 0 Å². The zero-order valence-electron chi connectivity index (χ0n) is 12.9. The minimum Gasteiger partial charge on any atom is -0.454 e. The molecular weight excluding hydrogens is 332 g/mol. The van der Waals surface area contributed by atoms with E-state index in [0.29, 0.717) is 29.3 Å². The molecule has 1 amide bonds. The summed E-state index contributed by atoms with van der Waals surface area (Å²) in [7, 11) is -3.51. The molecule has 2 N–H and O–H groups in total. The van der Waals surface area contributed by atoms with Gasteiger partial charge in [-0.1, -0.05) is 6.92 Å². The van der Waals surface area contributed by atoms with Crippen molar-refractivity contribution in [3.8, 4) is 11.5 Å². The zero-order chi connectivity index (χ0) is 17.2. The van der Waals surface area contributed by atoms with Crippen molar-refractivity contribution in [2.24, 2.45) is 0 Å². The van der Waals surface area contributed by atoms with Crippen LogP contribution in [-0.4, -0.2) is 27.7 Å². The first-order valence-corrected chi connectivity index (χ1v) is 8.78. The van der Waals surface area contributed by atoms with E-state index in [2.05, 4.69) is 10.0 Å². The second-order valence-corrected chi connectivity index (χ2v) is 6.81. The van der Waals surface area contributed by atoms with E-state index in [1.54, 1.807) is 25.1 Å². The Kier molecular flexibility index (Phi) is 4.41. The number of anilines is 1. The Bertz CT molecular complexity index is 863. The molecule has 0 fully saturated rings. The minimum absolute atomic E-state index is 0.141. The lowest BCUT2D eigenvalue weighted by Crippen LogP contribution is -2.23. The van der Waals surface area contributed by atoms with Gasteiger partial charge < -0.3 is 14.8 Å². The van der Waals surface area contributed by atoms with E-state index in [4.69, 9.17) is 9.47 Å². The molecule has 0 unspecified atom stereocenters. The molecule has 0 radical (unpaired) electrons. The lowest BCUT2D eigenvalue weighted by Gasteiger charge is -2.08. The van der Waals surface area contributed by atoms with Crippen LogP contribution in [0.2, 0.25) is 0 Å². The highest BCUT2D eigenvalue weighted by molar-refractivity contribution is 7.89. The maximum Gasteiger partial charge on any atom is 0.255 e. The van der Waals surface area contributed by atoms with Crippen molar-refractivity contribution in [1.29, 1.82) is 0 Å². The first-order chi connectivity index (χ1) is 11.5. The van der Waals surface area contributed by atoms with Gasteiger partial charge in [-0.25, -0.2) is 13.1 Å². The first-order valence-electron chi connectivity index (χ1n) is 7.30. The molecule has 8 heteroatoms. The number of carbonyl (C=O) groups excluding carboxylic acids is 1. The third-order valence-electron chi connectivity index (χ3n) is 3.39. The van der Waals surface area contributed by atoms with Crippen LogP contribution in [0.25, 0.3) is 0 Å². The highest BCUT2D eigenvalue weighted by atomic mass is 32.2. The summed E-state index contributed by atoms with van der Waals surface area (Å²) in [6, 6.07) is 10.8. The van der Waals surface area contributed by atoms with Crippen molar-refractivity contribution in [2.75, 3.05) is 18.7 Å². The summed E-state index contributed by atoms with van der Waals surface area (Å²) in [4.78, 5) is 12.4. The molecule has 0 aromatic heterocycles. The number of amides is 1. The van der Waals surface area contributed by atoms with Gasteiger partial charge >= 0.3 is 0 Å². The lowest BCUT2D eigenvalue weighted by atomic mass is 10.2. The van der Waals surface area contributed by atoms with Crippen LogP contribution < -0.4 is 19.5 Å². The molecule has 1 aliphatic heterocycles. The number of carbonyl (C=O) groups is 1. The topological polar surface area (TPSA) is 93.7 Å².